The SMILES string of the molecule is CN(C)S(=O)(=O)N1[C@@H]2CC[C@H]1Cc1nnc(-c3ccccc3)n1C2. The second-order valence-corrected chi connectivity index (χ2v) is 8.67. The molecule has 3 heterocycles. The van der Waals surface area contributed by atoms with E-state index in [9.17, 15) is 8.42 Å². The van der Waals surface area contributed by atoms with Crippen molar-refractivity contribution in [1.82, 2.24) is 23.4 Å². The summed E-state index contributed by atoms with van der Waals surface area (Å²) in [5.74, 6) is 1.69. The fourth-order valence-electron chi connectivity index (χ4n) is 3.77. The largest absolute Gasteiger partial charge is 0.309 e. The van der Waals surface area contributed by atoms with Crippen LogP contribution in [0, 0.1) is 0 Å². The minimum Gasteiger partial charge on any atom is -0.309 e. The minimum atomic E-state index is -3.43. The van der Waals surface area contributed by atoms with Gasteiger partial charge in [-0.1, -0.05) is 30.3 Å². The van der Waals surface area contributed by atoms with E-state index in [2.05, 4.69) is 14.8 Å². The molecule has 1 saturated heterocycles. The third-order valence-corrected chi connectivity index (χ3v) is 7.00. The van der Waals surface area contributed by atoms with Gasteiger partial charge < -0.3 is 4.57 Å². The van der Waals surface area contributed by atoms with E-state index in [-0.39, 0.29) is 12.1 Å². The number of fused-ring (bicyclic) bond motifs is 3. The van der Waals surface area contributed by atoms with Gasteiger partial charge in [-0.15, -0.1) is 10.2 Å². The molecule has 0 unspecified atom stereocenters. The normalized spacial score (nSPS) is 24.1. The Morgan fingerprint density at radius 1 is 1.08 bits per heavy atom. The molecule has 1 aromatic heterocycles. The number of rotatable bonds is 3. The lowest BCUT2D eigenvalue weighted by molar-refractivity contribution is 0.295. The van der Waals surface area contributed by atoms with E-state index in [1.807, 2.05) is 30.3 Å². The standard InChI is InChI=1S/C16H21N5O2S/c1-19(2)24(22,23)21-13-8-9-14(21)11-20-15(10-13)17-18-16(20)12-6-4-3-5-7-12/h3-7,13-14H,8-11H2,1-2H3/t13-,14+/m0/s1. The van der Waals surface area contributed by atoms with Crippen molar-refractivity contribution in [2.45, 2.75) is 37.9 Å². The first-order valence-electron chi connectivity index (χ1n) is 8.17. The molecule has 2 aliphatic heterocycles. The van der Waals surface area contributed by atoms with Gasteiger partial charge in [0.1, 0.15) is 5.82 Å². The first-order valence-corrected chi connectivity index (χ1v) is 9.56. The first kappa shape index (κ1) is 15.7. The Bertz CT molecular complexity index is 847. The second-order valence-electron chi connectivity index (χ2n) is 6.63. The van der Waals surface area contributed by atoms with Gasteiger partial charge in [-0.25, -0.2) is 0 Å². The Hall–Kier alpha value is -1.77. The van der Waals surface area contributed by atoms with Crippen LogP contribution >= 0.6 is 0 Å². The van der Waals surface area contributed by atoms with Gasteiger partial charge in [-0.2, -0.15) is 17.0 Å². The molecule has 128 valence electrons. The summed E-state index contributed by atoms with van der Waals surface area (Å²) < 4.78 is 30.6. The first-order chi connectivity index (χ1) is 11.5. The van der Waals surface area contributed by atoms with Crippen molar-refractivity contribution in [1.29, 1.82) is 0 Å². The molecule has 8 heteroatoms. The van der Waals surface area contributed by atoms with Crippen molar-refractivity contribution in [3.63, 3.8) is 0 Å². The van der Waals surface area contributed by atoms with Gasteiger partial charge in [-0.05, 0) is 12.8 Å². The van der Waals surface area contributed by atoms with E-state index in [1.54, 1.807) is 18.4 Å². The summed E-state index contributed by atoms with van der Waals surface area (Å²) >= 11 is 0. The molecular weight excluding hydrogens is 326 g/mol. The molecule has 24 heavy (non-hydrogen) atoms. The number of benzene rings is 1. The number of hydrogen-bond donors (Lipinski definition) is 0. The fourth-order valence-corrected chi connectivity index (χ4v) is 5.25. The molecule has 1 fully saturated rings. The molecule has 4 rings (SSSR count). The molecule has 0 amide bonds. The van der Waals surface area contributed by atoms with Crippen LogP contribution in [0.4, 0.5) is 0 Å². The molecule has 0 N–H and O–H groups in total. The molecule has 0 spiro atoms. The quantitative estimate of drug-likeness (QED) is 0.835. The molecular formula is C16H21N5O2S. The van der Waals surface area contributed by atoms with E-state index in [0.29, 0.717) is 13.0 Å². The molecule has 0 radical (unpaired) electrons. The van der Waals surface area contributed by atoms with Crippen molar-refractivity contribution >= 4 is 10.2 Å². The summed E-state index contributed by atoms with van der Waals surface area (Å²) in [7, 11) is -0.242. The maximum absolute atomic E-state index is 12.7. The lowest BCUT2D eigenvalue weighted by atomic mass is 10.1. The zero-order valence-corrected chi connectivity index (χ0v) is 14.6. The van der Waals surface area contributed by atoms with Crippen LogP contribution in [0.15, 0.2) is 30.3 Å². The highest BCUT2D eigenvalue weighted by Gasteiger charge is 2.45. The topological polar surface area (TPSA) is 71.3 Å². The number of aromatic nitrogens is 3. The predicted octanol–water partition coefficient (Wildman–Crippen LogP) is 1.14. The average molecular weight is 347 g/mol. The van der Waals surface area contributed by atoms with Gasteiger partial charge in [0.05, 0.1) is 0 Å². The lowest BCUT2D eigenvalue weighted by Gasteiger charge is -2.29. The highest BCUT2D eigenvalue weighted by Crippen LogP contribution is 2.35. The van der Waals surface area contributed by atoms with Crippen LogP contribution in [0.5, 0.6) is 0 Å². The van der Waals surface area contributed by atoms with Gasteiger partial charge in [0, 0.05) is 44.7 Å². The van der Waals surface area contributed by atoms with Crippen molar-refractivity contribution in [3.05, 3.63) is 36.2 Å². The minimum absolute atomic E-state index is 0.0310. The van der Waals surface area contributed by atoms with E-state index >= 15 is 0 Å². The lowest BCUT2D eigenvalue weighted by Crippen LogP contribution is -2.47. The van der Waals surface area contributed by atoms with Crippen molar-refractivity contribution in [3.8, 4) is 11.4 Å². The Balaban J connectivity index is 1.74. The molecule has 0 saturated carbocycles. The Kier molecular flexibility index (Phi) is 3.70. The Labute approximate surface area is 142 Å². The number of nitrogens with zero attached hydrogens (tertiary/aromatic N) is 5. The summed E-state index contributed by atoms with van der Waals surface area (Å²) in [6.07, 6.45) is 2.37. The monoisotopic (exact) mass is 347 g/mol. The summed E-state index contributed by atoms with van der Waals surface area (Å²) in [5, 5.41) is 8.71. The van der Waals surface area contributed by atoms with Crippen LogP contribution < -0.4 is 0 Å². The Morgan fingerprint density at radius 3 is 2.50 bits per heavy atom. The van der Waals surface area contributed by atoms with Gasteiger partial charge >= 0.3 is 0 Å². The van der Waals surface area contributed by atoms with E-state index in [4.69, 9.17) is 0 Å². The smallest absolute Gasteiger partial charge is 0.282 e. The van der Waals surface area contributed by atoms with Crippen LogP contribution in [-0.2, 0) is 23.2 Å². The second kappa shape index (κ2) is 5.65. The highest BCUT2D eigenvalue weighted by atomic mass is 32.2. The molecule has 2 aromatic rings. The Morgan fingerprint density at radius 2 is 1.79 bits per heavy atom. The molecule has 2 bridgehead atoms. The highest BCUT2D eigenvalue weighted by molar-refractivity contribution is 7.86. The fraction of sp³-hybridized carbons (Fsp3) is 0.500. The van der Waals surface area contributed by atoms with Crippen LogP contribution in [0.1, 0.15) is 18.7 Å². The maximum Gasteiger partial charge on any atom is 0.282 e. The van der Waals surface area contributed by atoms with Crippen molar-refractivity contribution in [2.75, 3.05) is 14.1 Å². The van der Waals surface area contributed by atoms with Gasteiger partial charge in [0.25, 0.3) is 10.2 Å². The summed E-state index contributed by atoms with van der Waals surface area (Å²) in [5.41, 5.74) is 1.01. The molecule has 0 aliphatic carbocycles. The van der Waals surface area contributed by atoms with E-state index in [1.165, 1.54) is 4.31 Å². The van der Waals surface area contributed by atoms with Crippen molar-refractivity contribution in [2.24, 2.45) is 0 Å². The van der Waals surface area contributed by atoms with Crippen molar-refractivity contribution < 1.29 is 8.42 Å². The third-order valence-electron chi connectivity index (χ3n) is 4.95. The van der Waals surface area contributed by atoms with Gasteiger partial charge in [0.2, 0.25) is 0 Å². The van der Waals surface area contributed by atoms with Gasteiger partial charge in [-0.3, -0.25) is 0 Å². The van der Waals surface area contributed by atoms with E-state index in [0.717, 1.165) is 30.1 Å². The van der Waals surface area contributed by atoms with Crippen LogP contribution in [0.3, 0.4) is 0 Å². The van der Waals surface area contributed by atoms with E-state index < -0.39 is 10.2 Å². The zero-order valence-electron chi connectivity index (χ0n) is 13.8. The average Bonchev–Trinajstić information content (AvgIpc) is 3.08. The van der Waals surface area contributed by atoms with Gasteiger partial charge in [0.15, 0.2) is 5.82 Å². The summed E-state index contributed by atoms with van der Waals surface area (Å²) in [6, 6.07) is 9.87. The third kappa shape index (κ3) is 2.37. The molecule has 1 aromatic carbocycles. The molecule has 7 nitrogen and oxygen atoms in total. The predicted molar refractivity (Wildman–Crippen MR) is 90.4 cm³/mol. The maximum atomic E-state index is 12.7. The van der Waals surface area contributed by atoms with Crippen LogP contribution in [-0.4, -0.2) is 58.0 Å². The summed E-state index contributed by atoms with van der Waals surface area (Å²) in [4.78, 5) is 0. The van der Waals surface area contributed by atoms with Crippen LogP contribution in [0.2, 0.25) is 0 Å². The zero-order chi connectivity index (χ0) is 16.9. The summed E-state index contributed by atoms with van der Waals surface area (Å²) in [6.45, 7) is 0.607. The van der Waals surface area contributed by atoms with Crippen LogP contribution in [0.25, 0.3) is 11.4 Å². The number of hydrogen-bond acceptors (Lipinski definition) is 4. The molecule has 2 aliphatic rings. The molecule has 2 atom stereocenters.